The van der Waals surface area contributed by atoms with Crippen molar-refractivity contribution in [1.29, 1.82) is 0 Å². The molecule has 0 aliphatic heterocycles. The van der Waals surface area contributed by atoms with E-state index in [1.165, 1.54) is 7.11 Å². The smallest absolute Gasteiger partial charge is 0.336 e. The Labute approximate surface area is 103 Å². The molecule has 0 radical (unpaired) electrons. The van der Waals surface area contributed by atoms with Gasteiger partial charge in [-0.1, -0.05) is 28.1 Å². The number of hydrogen-bond acceptors (Lipinski definition) is 4. The van der Waals surface area contributed by atoms with Gasteiger partial charge in [-0.2, -0.15) is 0 Å². The van der Waals surface area contributed by atoms with E-state index in [0.29, 0.717) is 6.42 Å². The lowest BCUT2D eigenvalue weighted by Gasteiger charge is -2.16. The summed E-state index contributed by atoms with van der Waals surface area (Å²) in [7, 11) is 1.22. The maximum absolute atomic E-state index is 11.0. The van der Waals surface area contributed by atoms with E-state index in [-0.39, 0.29) is 0 Å². The maximum Gasteiger partial charge on any atom is 0.336 e. The van der Waals surface area contributed by atoms with Gasteiger partial charge >= 0.3 is 5.97 Å². The predicted molar refractivity (Wildman–Crippen MR) is 63.8 cm³/mol. The van der Waals surface area contributed by atoms with Crippen LogP contribution in [0.15, 0.2) is 28.7 Å². The monoisotopic (exact) mass is 287 g/mol. The van der Waals surface area contributed by atoms with E-state index < -0.39 is 18.1 Å². The molecule has 0 aromatic heterocycles. The van der Waals surface area contributed by atoms with Gasteiger partial charge in [-0.05, 0) is 24.1 Å². The average molecular weight is 288 g/mol. The van der Waals surface area contributed by atoms with E-state index in [1.54, 1.807) is 0 Å². The Morgan fingerprint density at radius 1 is 1.50 bits per heavy atom. The zero-order chi connectivity index (χ0) is 12.1. The Bertz CT molecular complexity index is 353. The third kappa shape index (κ3) is 3.59. The highest BCUT2D eigenvalue weighted by Crippen LogP contribution is 2.12. The third-order valence-corrected chi connectivity index (χ3v) is 2.76. The fourth-order valence-corrected chi connectivity index (χ4v) is 1.56. The molecule has 16 heavy (non-hydrogen) atoms. The Morgan fingerprint density at radius 3 is 2.56 bits per heavy atom. The molecule has 0 saturated carbocycles. The van der Waals surface area contributed by atoms with Crippen molar-refractivity contribution >= 4 is 21.9 Å². The van der Waals surface area contributed by atoms with Crippen molar-refractivity contribution in [3.05, 3.63) is 34.3 Å². The summed E-state index contributed by atoms with van der Waals surface area (Å²) in [5.74, 6) is -0.704. The summed E-state index contributed by atoms with van der Waals surface area (Å²) in [5.41, 5.74) is 6.66. The number of nitrogens with two attached hydrogens (primary N) is 1. The normalized spacial score (nSPS) is 14.2. The van der Waals surface area contributed by atoms with Gasteiger partial charge in [-0.15, -0.1) is 0 Å². The zero-order valence-corrected chi connectivity index (χ0v) is 10.5. The molecule has 0 spiro atoms. The Balaban J connectivity index is 2.60. The summed E-state index contributed by atoms with van der Waals surface area (Å²) in [4.78, 5) is 11.0. The number of carbonyl (C=O) groups is 1. The first-order valence-electron chi connectivity index (χ1n) is 4.80. The minimum absolute atomic E-state index is 0.420. The molecule has 5 heteroatoms. The number of ether oxygens (including phenoxy) is 1. The second-order valence-electron chi connectivity index (χ2n) is 3.46. The van der Waals surface area contributed by atoms with Crippen LogP contribution in [-0.2, 0) is 16.0 Å². The molecule has 3 N–H and O–H groups in total. The summed E-state index contributed by atoms with van der Waals surface area (Å²) in [6.45, 7) is 0. The first-order valence-corrected chi connectivity index (χ1v) is 5.60. The molecule has 1 aromatic carbocycles. The minimum Gasteiger partial charge on any atom is -0.467 e. The number of aliphatic hydroxyl groups is 1. The van der Waals surface area contributed by atoms with Gasteiger partial charge in [0.15, 0.2) is 6.10 Å². The Hall–Kier alpha value is -0.910. The van der Waals surface area contributed by atoms with E-state index in [2.05, 4.69) is 20.7 Å². The molecule has 1 unspecified atom stereocenters. The molecule has 1 aromatic rings. The quantitative estimate of drug-likeness (QED) is 0.806. The van der Waals surface area contributed by atoms with Crippen LogP contribution in [0.5, 0.6) is 0 Å². The van der Waals surface area contributed by atoms with Crippen molar-refractivity contribution in [2.45, 2.75) is 18.6 Å². The Kier molecular flexibility index (Phi) is 4.92. The maximum atomic E-state index is 11.0. The highest BCUT2D eigenvalue weighted by Gasteiger charge is 2.23. The third-order valence-electron chi connectivity index (χ3n) is 2.23. The molecule has 4 nitrogen and oxygen atoms in total. The lowest BCUT2D eigenvalue weighted by Crippen LogP contribution is -2.42. The van der Waals surface area contributed by atoms with Crippen LogP contribution in [0, 0.1) is 0 Å². The van der Waals surface area contributed by atoms with Crippen LogP contribution in [0.3, 0.4) is 0 Å². The molecular formula is C11H14BrNO3. The summed E-state index contributed by atoms with van der Waals surface area (Å²) in [6, 6.07) is 6.87. The van der Waals surface area contributed by atoms with Crippen molar-refractivity contribution in [3.63, 3.8) is 0 Å². The standard InChI is InChI=1S/C11H14BrNO3/c1-16-11(15)10(14)9(13)6-7-2-4-8(12)5-3-7/h2-5,9-10,14H,6,13H2,1H3/t9?,10-/m1/s1. The van der Waals surface area contributed by atoms with Crippen LogP contribution in [0.25, 0.3) is 0 Å². The van der Waals surface area contributed by atoms with Crippen molar-refractivity contribution < 1.29 is 14.6 Å². The Morgan fingerprint density at radius 2 is 2.06 bits per heavy atom. The molecule has 88 valence electrons. The lowest BCUT2D eigenvalue weighted by atomic mass is 10.0. The van der Waals surface area contributed by atoms with E-state index in [9.17, 15) is 9.90 Å². The van der Waals surface area contributed by atoms with E-state index >= 15 is 0 Å². The van der Waals surface area contributed by atoms with Crippen LogP contribution in [-0.4, -0.2) is 30.3 Å². The molecule has 0 saturated heterocycles. The van der Waals surface area contributed by atoms with Gasteiger partial charge in [0.2, 0.25) is 0 Å². The van der Waals surface area contributed by atoms with Gasteiger partial charge in [0.05, 0.1) is 7.11 Å². The molecule has 0 bridgehead atoms. The van der Waals surface area contributed by atoms with Gasteiger partial charge in [-0.25, -0.2) is 4.79 Å². The van der Waals surface area contributed by atoms with Crippen molar-refractivity contribution in [2.24, 2.45) is 5.73 Å². The predicted octanol–water partition coefficient (Wildman–Crippen LogP) is 0.853. The van der Waals surface area contributed by atoms with E-state index in [0.717, 1.165) is 10.0 Å². The SMILES string of the molecule is COC(=O)[C@H](O)C(N)Cc1ccc(Br)cc1. The molecule has 1 rings (SSSR count). The summed E-state index contributed by atoms with van der Waals surface area (Å²) >= 11 is 3.32. The van der Waals surface area contributed by atoms with Crippen LogP contribution in [0.4, 0.5) is 0 Å². The van der Waals surface area contributed by atoms with Gasteiger partial charge in [0.1, 0.15) is 0 Å². The van der Waals surface area contributed by atoms with Gasteiger partial charge in [0, 0.05) is 10.5 Å². The van der Waals surface area contributed by atoms with E-state index in [4.69, 9.17) is 5.73 Å². The minimum atomic E-state index is -1.28. The number of esters is 1. The summed E-state index contributed by atoms with van der Waals surface area (Å²) in [5, 5.41) is 9.49. The van der Waals surface area contributed by atoms with Gasteiger partial charge in [-0.3, -0.25) is 0 Å². The van der Waals surface area contributed by atoms with Crippen LogP contribution in [0.2, 0.25) is 0 Å². The molecule has 0 aliphatic carbocycles. The number of aliphatic hydroxyl groups excluding tert-OH is 1. The highest BCUT2D eigenvalue weighted by atomic mass is 79.9. The van der Waals surface area contributed by atoms with Crippen LogP contribution < -0.4 is 5.73 Å². The van der Waals surface area contributed by atoms with Crippen LogP contribution >= 0.6 is 15.9 Å². The number of methoxy groups -OCH3 is 1. The summed E-state index contributed by atoms with van der Waals surface area (Å²) in [6.07, 6.45) is -0.863. The first-order chi connectivity index (χ1) is 7.54. The highest BCUT2D eigenvalue weighted by molar-refractivity contribution is 9.10. The number of halogens is 1. The van der Waals surface area contributed by atoms with Crippen molar-refractivity contribution in [1.82, 2.24) is 0 Å². The molecular weight excluding hydrogens is 274 g/mol. The fourth-order valence-electron chi connectivity index (χ4n) is 1.30. The number of carbonyl (C=O) groups excluding carboxylic acids is 1. The van der Waals surface area contributed by atoms with E-state index in [1.807, 2.05) is 24.3 Å². The first kappa shape index (κ1) is 13.2. The fraction of sp³-hybridized carbons (Fsp3) is 0.364. The lowest BCUT2D eigenvalue weighted by molar-refractivity contribution is -0.151. The second-order valence-corrected chi connectivity index (χ2v) is 4.38. The molecule has 0 heterocycles. The molecule has 2 atom stereocenters. The molecule has 0 fully saturated rings. The number of benzene rings is 1. The summed E-state index contributed by atoms with van der Waals surface area (Å²) < 4.78 is 5.38. The molecule has 0 aliphatic rings. The van der Waals surface area contributed by atoms with Crippen LogP contribution in [0.1, 0.15) is 5.56 Å². The number of hydrogen-bond donors (Lipinski definition) is 2. The molecule has 0 amide bonds. The largest absolute Gasteiger partial charge is 0.467 e. The van der Waals surface area contributed by atoms with Gasteiger partial charge in [0.25, 0.3) is 0 Å². The number of rotatable bonds is 4. The van der Waals surface area contributed by atoms with Crippen molar-refractivity contribution in [3.8, 4) is 0 Å². The second kappa shape index (κ2) is 5.98. The van der Waals surface area contributed by atoms with Crippen molar-refractivity contribution in [2.75, 3.05) is 7.11 Å². The average Bonchev–Trinajstić information content (AvgIpc) is 2.30. The topological polar surface area (TPSA) is 72.5 Å². The zero-order valence-electron chi connectivity index (χ0n) is 8.89. The van der Waals surface area contributed by atoms with Gasteiger partial charge < -0.3 is 15.6 Å².